The highest BCUT2D eigenvalue weighted by molar-refractivity contribution is 5.82. The van der Waals surface area contributed by atoms with Gasteiger partial charge in [-0.15, -0.1) is 0 Å². The average molecular weight is 309 g/mol. The monoisotopic (exact) mass is 309 g/mol. The predicted molar refractivity (Wildman–Crippen MR) is 81.1 cm³/mol. The van der Waals surface area contributed by atoms with Crippen molar-refractivity contribution in [2.75, 3.05) is 0 Å². The number of nitrogens with one attached hydrogen (secondary N) is 1. The first-order valence-corrected chi connectivity index (χ1v) is 7.07. The fourth-order valence-corrected chi connectivity index (χ4v) is 1.63. The molecule has 0 aliphatic rings. The van der Waals surface area contributed by atoms with Crippen LogP contribution < -0.4 is 5.32 Å². The lowest BCUT2D eigenvalue weighted by Crippen LogP contribution is -2.50. The summed E-state index contributed by atoms with van der Waals surface area (Å²) in [6, 6.07) is 7.96. The molecule has 1 unspecified atom stereocenters. The highest BCUT2D eigenvalue weighted by Crippen LogP contribution is 2.10. The van der Waals surface area contributed by atoms with Crippen LogP contribution in [0.3, 0.4) is 0 Å². The first-order valence-electron chi connectivity index (χ1n) is 7.07. The van der Waals surface area contributed by atoms with Crippen LogP contribution in [-0.4, -0.2) is 34.9 Å². The molecule has 1 rings (SSSR count). The molecule has 2 N–H and O–H groups in total. The van der Waals surface area contributed by atoms with Crippen LogP contribution in [0.1, 0.15) is 33.3 Å². The molecule has 6 nitrogen and oxygen atoms in total. The number of ether oxygens (including phenoxy) is 2. The van der Waals surface area contributed by atoms with Gasteiger partial charge < -0.3 is 19.9 Å². The number of hydrogen-bond donors (Lipinski definition) is 2. The molecule has 0 bridgehead atoms. The number of aliphatic hydroxyl groups excluding tert-OH is 1. The molecule has 1 aromatic carbocycles. The van der Waals surface area contributed by atoms with Crippen molar-refractivity contribution in [1.29, 1.82) is 0 Å². The molecule has 0 radical (unpaired) electrons. The molecule has 0 aromatic heterocycles. The maximum atomic E-state index is 12.0. The van der Waals surface area contributed by atoms with E-state index < -0.39 is 29.8 Å². The van der Waals surface area contributed by atoms with Crippen molar-refractivity contribution in [2.45, 2.75) is 52.0 Å². The van der Waals surface area contributed by atoms with Crippen LogP contribution in [0.15, 0.2) is 30.3 Å². The Morgan fingerprint density at radius 3 is 2.32 bits per heavy atom. The summed E-state index contributed by atoms with van der Waals surface area (Å²) in [6.45, 7) is 6.59. The average Bonchev–Trinajstić information content (AvgIpc) is 2.41. The first kappa shape index (κ1) is 18.0. The third kappa shape index (κ3) is 6.58. The van der Waals surface area contributed by atoms with E-state index >= 15 is 0 Å². The van der Waals surface area contributed by atoms with Gasteiger partial charge in [0.15, 0.2) is 6.04 Å². The molecule has 0 saturated carbocycles. The summed E-state index contributed by atoms with van der Waals surface area (Å²) in [7, 11) is 0. The van der Waals surface area contributed by atoms with Gasteiger partial charge in [-0.1, -0.05) is 30.3 Å². The molecule has 0 fully saturated rings. The molecule has 1 amide bonds. The van der Waals surface area contributed by atoms with E-state index in [2.05, 4.69) is 5.32 Å². The largest absolute Gasteiger partial charge is 0.458 e. The number of benzene rings is 1. The second kappa shape index (κ2) is 7.79. The van der Waals surface area contributed by atoms with E-state index in [-0.39, 0.29) is 6.61 Å². The standard InChI is InChI=1S/C16H23NO5/c1-11(18)13(14(19)22-16(2,3)4)17-15(20)21-10-12-8-6-5-7-9-12/h5-9,11,13,18H,10H2,1-4H3,(H,17,20)/t11?,13-/m0/s1. The zero-order chi connectivity index (χ0) is 16.8. The maximum absolute atomic E-state index is 12.0. The third-order valence-electron chi connectivity index (χ3n) is 2.63. The van der Waals surface area contributed by atoms with E-state index in [1.807, 2.05) is 30.3 Å². The Morgan fingerprint density at radius 1 is 1.23 bits per heavy atom. The summed E-state index contributed by atoms with van der Waals surface area (Å²) in [5, 5.41) is 12.0. The van der Waals surface area contributed by atoms with E-state index in [1.54, 1.807) is 20.8 Å². The van der Waals surface area contributed by atoms with Crippen LogP contribution in [0, 0.1) is 0 Å². The SMILES string of the molecule is CC(O)[C@H](NC(=O)OCc1ccccc1)C(=O)OC(C)(C)C. The van der Waals surface area contributed by atoms with Gasteiger partial charge in [0, 0.05) is 0 Å². The predicted octanol–water partition coefficient (Wildman–Crippen LogP) is 2.00. The van der Waals surface area contributed by atoms with Gasteiger partial charge in [-0.25, -0.2) is 9.59 Å². The van der Waals surface area contributed by atoms with Crippen molar-refractivity contribution in [3.8, 4) is 0 Å². The van der Waals surface area contributed by atoms with E-state index in [4.69, 9.17) is 9.47 Å². The molecule has 6 heteroatoms. The lowest BCUT2D eigenvalue weighted by Gasteiger charge is -2.25. The summed E-state index contributed by atoms with van der Waals surface area (Å²) in [6.07, 6.45) is -1.89. The Morgan fingerprint density at radius 2 is 1.82 bits per heavy atom. The van der Waals surface area contributed by atoms with E-state index in [0.29, 0.717) is 0 Å². The fraction of sp³-hybridized carbons (Fsp3) is 0.500. The lowest BCUT2D eigenvalue weighted by molar-refractivity contribution is -0.160. The van der Waals surface area contributed by atoms with Gasteiger partial charge in [0.25, 0.3) is 0 Å². The molecule has 0 aliphatic carbocycles. The summed E-state index contributed by atoms with van der Waals surface area (Å²) in [5.74, 6) is -0.709. The van der Waals surface area contributed by atoms with Crippen LogP contribution in [0.5, 0.6) is 0 Å². The minimum absolute atomic E-state index is 0.0769. The third-order valence-corrected chi connectivity index (χ3v) is 2.63. The van der Waals surface area contributed by atoms with Gasteiger partial charge in [-0.2, -0.15) is 0 Å². The minimum Gasteiger partial charge on any atom is -0.458 e. The number of amides is 1. The molecular weight excluding hydrogens is 286 g/mol. The van der Waals surface area contributed by atoms with Crippen LogP contribution in [0.25, 0.3) is 0 Å². The Kier molecular flexibility index (Phi) is 6.37. The number of carbonyl (C=O) groups excluding carboxylic acids is 2. The van der Waals surface area contributed by atoms with E-state index in [1.165, 1.54) is 6.92 Å². The molecule has 0 aliphatic heterocycles. The van der Waals surface area contributed by atoms with Crippen molar-refractivity contribution >= 4 is 12.1 Å². The van der Waals surface area contributed by atoms with E-state index in [0.717, 1.165) is 5.56 Å². The Bertz CT molecular complexity index is 493. The van der Waals surface area contributed by atoms with Gasteiger partial charge in [-0.05, 0) is 33.3 Å². The van der Waals surface area contributed by atoms with Gasteiger partial charge >= 0.3 is 12.1 Å². The molecule has 0 saturated heterocycles. The van der Waals surface area contributed by atoms with Crippen molar-refractivity contribution in [3.63, 3.8) is 0 Å². The summed E-state index contributed by atoms with van der Waals surface area (Å²) in [5.41, 5.74) is 0.114. The number of hydrogen-bond acceptors (Lipinski definition) is 5. The van der Waals surface area contributed by atoms with Crippen LogP contribution in [-0.2, 0) is 20.9 Å². The van der Waals surface area contributed by atoms with Crippen LogP contribution in [0.4, 0.5) is 4.79 Å². The highest BCUT2D eigenvalue weighted by Gasteiger charge is 2.30. The van der Waals surface area contributed by atoms with E-state index in [9.17, 15) is 14.7 Å². The molecule has 22 heavy (non-hydrogen) atoms. The zero-order valence-electron chi connectivity index (χ0n) is 13.3. The van der Waals surface area contributed by atoms with Crippen molar-refractivity contribution < 1.29 is 24.2 Å². The first-order chi connectivity index (χ1) is 10.2. The summed E-state index contributed by atoms with van der Waals surface area (Å²) < 4.78 is 10.2. The Labute approximate surface area is 130 Å². The number of alkyl carbamates (subject to hydrolysis) is 1. The number of aliphatic hydroxyl groups is 1. The van der Waals surface area contributed by atoms with Crippen molar-refractivity contribution in [1.82, 2.24) is 5.32 Å². The lowest BCUT2D eigenvalue weighted by atomic mass is 10.1. The molecule has 122 valence electrons. The zero-order valence-corrected chi connectivity index (χ0v) is 13.3. The van der Waals surface area contributed by atoms with Gasteiger partial charge in [0.1, 0.15) is 12.2 Å². The second-order valence-corrected chi connectivity index (χ2v) is 5.96. The maximum Gasteiger partial charge on any atom is 0.408 e. The van der Waals surface area contributed by atoms with Crippen molar-refractivity contribution in [2.24, 2.45) is 0 Å². The Hall–Kier alpha value is -2.08. The molecule has 1 aromatic rings. The quantitative estimate of drug-likeness (QED) is 0.813. The molecule has 0 spiro atoms. The normalized spacial score (nSPS) is 13.9. The van der Waals surface area contributed by atoms with Crippen molar-refractivity contribution in [3.05, 3.63) is 35.9 Å². The smallest absolute Gasteiger partial charge is 0.408 e. The molecule has 0 heterocycles. The molecular formula is C16H23NO5. The number of carbonyl (C=O) groups is 2. The highest BCUT2D eigenvalue weighted by atomic mass is 16.6. The summed E-state index contributed by atoms with van der Waals surface area (Å²) >= 11 is 0. The molecule has 2 atom stereocenters. The Balaban J connectivity index is 2.55. The van der Waals surface area contributed by atoms with Gasteiger partial charge in [-0.3, -0.25) is 0 Å². The minimum atomic E-state index is -1.18. The topological polar surface area (TPSA) is 84.9 Å². The summed E-state index contributed by atoms with van der Waals surface area (Å²) in [4.78, 5) is 23.7. The van der Waals surface area contributed by atoms with Crippen LogP contribution in [0.2, 0.25) is 0 Å². The van der Waals surface area contributed by atoms with Crippen LogP contribution >= 0.6 is 0 Å². The fourth-order valence-electron chi connectivity index (χ4n) is 1.63. The van der Waals surface area contributed by atoms with Gasteiger partial charge in [0.05, 0.1) is 6.10 Å². The second-order valence-electron chi connectivity index (χ2n) is 5.96. The number of rotatable bonds is 5. The number of esters is 1. The van der Waals surface area contributed by atoms with Gasteiger partial charge in [0.2, 0.25) is 0 Å².